The first-order valence-electron chi connectivity index (χ1n) is 9.86. The lowest BCUT2D eigenvalue weighted by atomic mass is 10.1. The third-order valence-corrected chi connectivity index (χ3v) is 6.07. The van der Waals surface area contributed by atoms with Gasteiger partial charge in [0.15, 0.2) is 0 Å². The smallest absolute Gasteiger partial charge is 0.409 e. The van der Waals surface area contributed by atoms with E-state index >= 15 is 0 Å². The molecule has 8 nitrogen and oxygen atoms in total. The van der Waals surface area contributed by atoms with Crippen LogP contribution in [0.3, 0.4) is 0 Å². The Morgan fingerprint density at radius 2 is 1.55 bits per heavy atom. The van der Waals surface area contributed by atoms with E-state index in [9.17, 15) is 18.0 Å². The van der Waals surface area contributed by atoms with Crippen molar-refractivity contribution in [3.63, 3.8) is 0 Å². The average molecular weight is 426 g/mol. The number of amides is 2. The second-order valence-electron chi connectivity index (χ2n) is 7.34. The van der Waals surface area contributed by atoms with Crippen LogP contribution in [-0.2, 0) is 19.6 Å². The average Bonchev–Trinajstić information content (AvgIpc) is 2.64. The summed E-state index contributed by atoms with van der Waals surface area (Å²) in [4.78, 5) is 28.3. The van der Waals surface area contributed by atoms with E-state index in [1.807, 2.05) is 19.9 Å². The topological polar surface area (TPSA) is 87.2 Å². The van der Waals surface area contributed by atoms with Gasteiger partial charge in [0.2, 0.25) is 15.9 Å². The van der Waals surface area contributed by atoms with Crippen LogP contribution >= 0.6 is 0 Å². The maximum Gasteiger partial charge on any atom is 0.409 e. The summed E-state index contributed by atoms with van der Waals surface area (Å²) in [5.74, 6) is -0.249. The summed E-state index contributed by atoms with van der Waals surface area (Å²) in [6, 6.07) is 4.69. The predicted molar refractivity (Wildman–Crippen MR) is 112 cm³/mol. The van der Waals surface area contributed by atoms with E-state index in [2.05, 4.69) is 0 Å². The lowest BCUT2D eigenvalue weighted by molar-refractivity contribution is -0.134. The molecule has 0 aliphatic carbocycles. The van der Waals surface area contributed by atoms with Crippen molar-refractivity contribution in [2.45, 2.75) is 40.2 Å². The number of rotatable bonds is 6. The fourth-order valence-electron chi connectivity index (χ4n) is 3.66. The van der Waals surface area contributed by atoms with Crippen molar-refractivity contribution in [1.29, 1.82) is 0 Å². The Kier molecular flexibility index (Phi) is 7.51. The molecule has 1 aromatic rings. The molecule has 0 aromatic heterocycles. The highest BCUT2D eigenvalue weighted by Crippen LogP contribution is 2.26. The van der Waals surface area contributed by atoms with Crippen LogP contribution in [0.1, 0.15) is 31.4 Å². The number of hydrogen-bond donors (Lipinski definition) is 0. The van der Waals surface area contributed by atoms with E-state index in [-0.39, 0.29) is 12.0 Å². The molecule has 1 saturated heterocycles. The van der Waals surface area contributed by atoms with Gasteiger partial charge in [0, 0.05) is 26.2 Å². The molecule has 29 heavy (non-hydrogen) atoms. The van der Waals surface area contributed by atoms with Gasteiger partial charge in [-0.25, -0.2) is 13.2 Å². The first-order valence-corrected chi connectivity index (χ1v) is 11.7. The van der Waals surface area contributed by atoms with Crippen LogP contribution in [-0.4, -0.2) is 75.3 Å². The van der Waals surface area contributed by atoms with E-state index in [1.165, 1.54) is 4.31 Å². The largest absolute Gasteiger partial charge is 0.450 e. The summed E-state index contributed by atoms with van der Waals surface area (Å²) < 4.78 is 31.5. The van der Waals surface area contributed by atoms with Crippen molar-refractivity contribution in [2.24, 2.45) is 0 Å². The third-order valence-electron chi connectivity index (χ3n) is 4.89. The Morgan fingerprint density at radius 1 is 1.03 bits per heavy atom. The summed E-state index contributed by atoms with van der Waals surface area (Å²) in [6.07, 6.45) is 1.08. The van der Waals surface area contributed by atoms with E-state index in [4.69, 9.17) is 4.74 Å². The summed E-state index contributed by atoms with van der Waals surface area (Å²) >= 11 is 0. The molecule has 1 aliphatic rings. The van der Waals surface area contributed by atoms with E-state index in [0.717, 1.165) is 17.4 Å². The standard InChI is InChI=1S/C20H31N3O5S/c1-6-18(19(24)21-8-10-22(11-9-21)20(25)28-7-2)23(29(5,26)27)17-13-15(3)12-16(4)14-17/h12-14,18H,6-11H2,1-5H3/t18-/m0/s1. The predicted octanol–water partition coefficient (Wildman–Crippen LogP) is 2.15. The van der Waals surface area contributed by atoms with E-state index in [1.54, 1.807) is 35.8 Å². The molecule has 2 amide bonds. The number of piperazine rings is 1. The number of benzene rings is 1. The molecule has 0 radical (unpaired) electrons. The van der Waals surface area contributed by atoms with Crippen LogP contribution in [0.25, 0.3) is 0 Å². The van der Waals surface area contributed by atoms with Crippen LogP contribution < -0.4 is 4.31 Å². The van der Waals surface area contributed by atoms with Crippen molar-refractivity contribution < 1.29 is 22.7 Å². The molecule has 0 unspecified atom stereocenters. The Balaban J connectivity index is 2.25. The maximum atomic E-state index is 13.2. The molecule has 2 rings (SSSR count). The Hall–Kier alpha value is -2.29. The van der Waals surface area contributed by atoms with Crippen molar-refractivity contribution in [3.8, 4) is 0 Å². The fraction of sp³-hybridized carbons (Fsp3) is 0.600. The summed E-state index contributed by atoms with van der Waals surface area (Å²) in [6.45, 7) is 9.07. The highest BCUT2D eigenvalue weighted by Gasteiger charge is 2.36. The number of sulfonamides is 1. The molecule has 9 heteroatoms. The lowest BCUT2D eigenvalue weighted by Gasteiger charge is -2.38. The quantitative estimate of drug-likeness (QED) is 0.697. The lowest BCUT2D eigenvalue weighted by Crippen LogP contribution is -2.56. The molecule has 0 N–H and O–H groups in total. The molecule has 0 saturated carbocycles. The number of carbonyl (C=O) groups excluding carboxylic acids is 2. The van der Waals surface area contributed by atoms with Gasteiger partial charge in [-0.2, -0.15) is 0 Å². The highest BCUT2D eigenvalue weighted by molar-refractivity contribution is 7.92. The summed E-state index contributed by atoms with van der Waals surface area (Å²) in [5.41, 5.74) is 2.35. The van der Waals surface area contributed by atoms with Gasteiger partial charge in [-0.05, 0) is 50.5 Å². The number of anilines is 1. The molecule has 0 spiro atoms. The van der Waals surface area contributed by atoms with Crippen molar-refractivity contribution in [3.05, 3.63) is 29.3 Å². The zero-order valence-electron chi connectivity index (χ0n) is 17.8. The molecular formula is C20H31N3O5S. The van der Waals surface area contributed by atoms with Crippen LogP contribution in [0, 0.1) is 13.8 Å². The SMILES string of the molecule is CCOC(=O)N1CCN(C(=O)[C@H](CC)N(c2cc(C)cc(C)c2)S(C)(=O)=O)CC1. The molecule has 1 heterocycles. The second kappa shape index (κ2) is 9.47. The molecule has 0 bridgehead atoms. The van der Waals surface area contributed by atoms with Gasteiger partial charge < -0.3 is 14.5 Å². The maximum absolute atomic E-state index is 13.2. The van der Waals surface area contributed by atoms with Crippen LogP contribution in [0.4, 0.5) is 10.5 Å². The van der Waals surface area contributed by atoms with Gasteiger partial charge in [0.05, 0.1) is 18.6 Å². The second-order valence-corrected chi connectivity index (χ2v) is 9.20. The number of hydrogen-bond acceptors (Lipinski definition) is 5. The van der Waals surface area contributed by atoms with E-state index < -0.39 is 16.1 Å². The van der Waals surface area contributed by atoms with Crippen LogP contribution in [0.2, 0.25) is 0 Å². The zero-order chi connectivity index (χ0) is 21.8. The van der Waals surface area contributed by atoms with Crippen LogP contribution in [0.15, 0.2) is 18.2 Å². The Morgan fingerprint density at radius 3 is 2.00 bits per heavy atom. The van der Waals surface area contributed by atoms with Crippen molar-refractivity contribution in [1.82, 2.24) is 9.80 Å². The van der Waals surface area contributed by atoms with E-state index in [0.29, 0.717) is 44.9 Å². The number of aryl methyl sites for hydroxylation is 2. The number of nitrogens with zero attached hydrogens (tertiary/aromatic N) is 3. The van der Waals surface area contributed by atoms with Gasteiger partial charge >= 0.3 is 6.09 Å². The highest BCUT2D eigenvalue weighted by atomic mass is 32.2. The minimum Gasteiger partial charge on any atom is -0.450 e. The number of carbonyl (C=O) groups is 2. The van der Waals surface area contributed by atoms with Gasteiger partial charge in [-0.15, -0.1) is 0 Å². The fourth-order valence-corrected chi connectivity index (χ4v) is 4.85. The normalized spacial score (nSPS) is 15.8. The minimum atomic E-state index is -3.68. The van der Waals surface area contributed by atoms with Gasteiger partial charge in [0.1, 0.15) is 6.04 Å². The molecule has 162 valence electrons. The van der Waals surface area contributed by atoms with Gasteiger partial charge in [-0.1, -0.05) is 13.0 Å². The summed E-state index contributed by atoms with van der Waals surface area (Å²) in [7, 11) is -3.68. The van der Waals surface area contributed by atoms with Crippen molar-refractivity contribution >= 4 is 27.7 Å². The van der Waals surface area contributed by atoms with Crippen molar-refractivity contribution in [2.75, 3.05) is 43.3 Å². The first-order chi connectivity index (χ1) is 13.6. The van der Waals surface area contributed by atoms with Gasteiger partial charge in [0.25, 0.3) is 0 Å². The Bertz CT molecular complexity index is 827. The van der Waals surface area contributed by atoms with Crippen LogP contribution in [0.5, 0.6) is 0 Å². The third kappa shape index (κ3) is 5.62. The first kappa shape index (κ1) is 23.0. The molecule has 1 fully saturated rings. The Labute approximate surface area is 173 Å². The molecule has 1 aromatic carbocycles. The monoisotopic (exact) mass is 425 g/mol. The minimum absolute atomic E-state index is 0.249. The zero-order valence-corrected chi connectivity index (χ0v) is 18.7. The number of ether oxygens (including phenoxy) is 1. The summed E-state index contributed by atoms with van der Waals surface area (Å²) in [5, 5.41) is 0. The molecular weight excluding hydrogens is 394 g/mol. The molecule has 1 aliphatic heterocycles. The molecule has 1 atom stereocenters. The van der Waals surface area contributed by atoms with Gasteiger partial charge in [-0.3, -0.25) is 9.10 Å².